The maximum atomic E-state index is 13.4. The first-order chi connectivity index (χ1) is 17.1. The van der Waals surface area contributed by atoms with Crippen molar-refractivity contribution in [1.29, 1.82) is 0 Å². The third-order valence-electron chi connectivity index (χ3n) is 7.17. The average Bonchev–Trinajstić information content (AvgIpc) is 3.19. The Kier molecular flexibility index (Phi) is 6.30. The molecule has 0 aliphatic carbocycles. The second-order valence-electron chi connectivity index (χ2n) is 9.73. The second-order valence-corrected chi connectivity index (χ2v) is 11.7. The molecular formula is C27H30N4O4S. The molecule has 9 heteroatoms. The van der Waals surface area contributed by atoms with E-state index in [2.05, 4.69) is 10.3 Å². The summed E-state index contributed by atoms with van der Waals surface area (Å²) in [5.74, 6) is -0.417. The number of pyridine rings is 1. The predicted octanol–water partition coefficient (Wildman–Crippen LogP) is 3.88. The Bertz CT molecular complexity index is 1460. The molecule has 1 N–H and O–H groups in total. The molecule has 1 atom stereocenters. The van der Waals surface area contributed by atoms with Gasteiger partial charge in [0.05, 0.1) is 16.1 Å². The fourth-order valence-electron chi connectivity index (χ4n) is 5.40. The van der Waals surface area contributed by atoms with Crippen LogP contribution >= 0.6 is 0 Å². The van der Waals surface area contributed by atoms with Crippen LogP contribution in [-0.4, -0.2) is 48.7 Å². The fraction of sp³-hybridized carbons (Fsp3) is 0.370. The minimum Gasteiger partial charge on any atom is -0.325 e. The molecule has 2 aliphatic heterocycles. The summed E-state index contributed by atoms with van der Waals surface area (Å²) in [7, 11) is -3.69. The first-order valence-electron chi connectivity index (χ1n) is 12.3. The summed E-state index contributed by atoms with van der Waals surface area (Å²) >= 11 is 0. The molecular weight excluding hydrogens is 476 g/mol. The number of aromatic nitrogens is 1. The van der Waals surface area contributed by atoms with Crippen molar-refractivity contribution in [2.24, 2.45) is 5.92 Å². The van der Waals surface area contributed by atoms with Gasteiger partial charge in [0, 0.05) is 48.7 Å². The lowest BCUT2D eigenvalue weighted by molar-refractivity contribution is -0.121. The van der Waals surface area contributed by atoms with Crippen LogP contribution < -0.4 is 10.2 Å². The van der Waals surface area contributed by atoms with E-state index in [1.807, 2.05) is 44.2 Å². The molecule has 2 amide bonds. The molecule has 0 saturated carbocycles. The number of anilines is 2. The zero-order valence-corrected chi connectivity index (χ0v) is 21.5. The van der Waals surface area contributed by atoms with Gasteiger partial charge >= 0.3 is 0 Å². The number of carbonyl (C=O) groups excluding carboxylic acids is 2. The van der Waals surface area contributed by atoms with Crippen molar-refractivity contribution in [3.8, 4) is 0 Å². The number of hydrogen-bond acceptors (Lipinski definition) is 5. The molecule has 1 fully saturated rings. The van der Waals surface area contributed by atoms with Gasteiger partial charge in [-0.25, -0.2) is 8.42 Å². The van der Waals surface area contributed by atoms with Crippen molar-refractivity contribution < 1.29 is 18.0 Å². The van der Waals surface area contributed by atoms with Crippen LogP contribution in [0.5, 0.6) is 0 Å². The lowest BCUT2D eigenvalue weighted by Crippen LogP contribution is -2.41. The van der Waals surface area contributed by atoms with Gasteiger partial charge in [-0.3, -0.25) is 14.6 Å². The monoisotopic (exact) mass is 506 g/mol. The van der Waals surface area contributed by atoms with Gasteiger partial charge in [-0.15, -0.1) is 0 Å². The highest BCUT2D eigenvalue weighted by Gasteiger charge is 2.34. The van der Waals surface area contributed by atoms with Gasteiger partial charge in [0.1, 0.15) is 0 Å². The molecule has 1 saturated heterocycles. The average molecular weight is 507 g/mol. The minimum atomic E-state index is -3.69. The summed E-state index contributed by atoms with van der Waals surface area (Å²) in [4.78, 5) is 31.5. The van der Waals surface area contributed by atoms with E-state index in [1.165, 1.54) is 11.2 Å². The molecule has 0 unspecified atom stereocenters. The van der Waals surface area contributed by atoms with Crippen molar-refractivity contribution in [3.05, 3.63) is 59.8 Å². The Balaban J connectivity index is 1.27. The number of nitrogens with zero attached hydrogens (tertiary/aromatic N) is 3. The molecule has 2 aliphatic rings. The van der Waals surface area contributed by atoms with Gasteiger partial charge in [0.15, 0.2) is 0 Å². The molecule has 0 bridgehead atoms. The number of carbonyl (C=O) groups is 2. The van der Waals surface area contributed by atoms with Crippen molar-refractivity contribution in [2.75, 3.05) is 23.3 Å². The summed E-state index contributed by atoms with van der Waals surface area (Å²) < 4.78 is 28.2. The maximum Gasteiger partial charge on any atom is 0.243 e. The zero-order chi connectivity index (χ0) is 25.6. The van der Waals surface area contributed by atoms with Crippen molar-refractivity contribution in [1.82, 2.24) is 9.29 Å². The van der Waals surface area contributed by atoms with Crippen LogP contribution in [0.4, 0.5) is 11.4 Å². The number of para-hydroxylation sites is 1. The number of rotatable bonds is 4. The molecule has 2 aromatic carbocycles. The van der Waals surface area contributed by atoms with Gasteiger partial charge in [-0.2, -0.15) is 4.31 Å². The maximum absolute atomic E-state index is 13.4. The number of aryl methyl sites for hydroxylation is 1. The van der Waals surface area contributed by atoms with Crippen molar-refractivity contribution in [3.63, 3.8) is 0 Å². The molecule has 5 rings (SSSR count). The normalized spacial score (nSPS) is 18.9. The number of hydrogen-bond donors (Lipinski definition) is 1. The third-order valence-corrected chi connectivity index (χ3v) is 9.07. The summed E-state index contributed by atoms with van der Waals surface area (Å²) in [5.41, 5.74) is 4.02. The van der Waals surface area contributed by atoms with E-state index in [0.29, 0.717) is 19.3 Å². The molecule has 188 valence electrons. The number of sulfonamides is 1. The van der Waals surface area contributed by atoms with Crippen LogP contribution in [0.25, 0.3) is 10.9 Å². The Morgan fingerprint density at radius 1 is 1.06 bits per heavy atom. The van der Waals surface area contributed by atoms with Crippen LogP contribution in [0.2, 0.25) is 0 Å². The van der Waals surface area contributed by atoms with Gasteiger partial charge in [-0.05, 0) is 69.0 Å². The van der Waals surface area contributed by atoms with Crippen LogP contribution in [0.3, 0.4) is 0 Å². The Hall–Kier alpha value is -3.30. The molecule has 0 spiro atoms. The van der Waals surface area contributed by atoms with Crippen molar-refractivity contribution >= 4 is 44.1 Å². The number of fused-ring (bicyclic) bond motifs is 2. The van der Waals surface area contributed by atoms with Crippen molar-refractivity contribution in [2.45, 2.75) is 51.0 Å². The first-order valence-corrected chi connectivity index (χ1v) is 13.7. The lowest BCUT2D eigenvalue weighted by atomic mass is 9.97. The van der Waals surface area contributed by atoms with Crippen LogP contribution in [0.15, 0.2) is 53.4 Å². The Morgan fingerprint density at radius 3 is 2.50 bits per heavy atom. The lowest BCUT2D eigenvalue weighted by Gasteiger charge is -2.30. The fourth-order valence-corrected chi connectivity index (χ4v) is 6.92. The summed E-state index contributed by atoms with van der Waals surface area (Å²) in [6.07, 6.45) is 1.53. The Labute approximate surface area is 211 Å². The van der Waals surface area contributed by atoms with Gasteiger partial charge in [0.25, 0.3) is 0 Å². The first kappa shape index (κ1) is 24.4. The molecule has 3 heterocycles. The van der Waals surface area contributed by atoms with E-state index in [-0.39, 0.29) is 41.8 Å². The topological polar surface area (TPSA) is 99.7 Å². The quantitative estimate of drug-likeness (QED) is 0.579. The molecule has 36 heavy (non-hydrogen) atoms. The molecule has 1 aromatic heterocycles. The zero-order valence-electron chi connectivity index (χ0n) is 20.7. The molecule has 3 aromatic rings. The van der Waals surface area contributed by atoms with E-state index in [1.54, 1.807) is 23.1 Å². The van der Waals surface area contributed by atoms with Crippen LogP contribution in [0.1, 0.15) is 37.9 Å². The molecule has 8 nitrogen and oxygen atoms in total. The number of nitrogens with one attached hydrogen (secondary N) is 1. The van der Waals surface area contributed by atoms with E-state index < -0.39 is 10.0 Å². The van der Waals surface area contributed by atoms with Gasteiger partial charge < -0.3 is 10.2 Å². The third kappa shape index (κ3) is 4.37. The standard InChI is InChI=1S/C27H30N4O4S/c1-17-14-25(23-6-4-5-7-24(23)28-17)29-27(33)20-10-12-30(13-11-20)36(34,35)22-8-9-26-21(16-22)15-18(2)31(26)19(3)32/h4-9,14,16,18,20H,10-13,15H2,1-3H3,(H,28,29,33)/t18-/m1/s1. The van der Waals surface area contributed by atoms with E-state index in [0.717, 1.165) is 33.5 Å². The van der Waals surface area contributed by atoms with E-state index in [9.17, 15) is 18.0 Å². The Morgan fingerprint density at radius 2 is 1.78 bits per heavy atom. The number of piperidine rings is 1. The largest absolute Gasteiger partial charge is 0.325 e. The summed E-state index contributed by atoms with van der Waals surface area (Å²) in [6.45, 7) is 5.94. The summed E-state index contributed by atoms with van der Waals surface area (Å²) in [5, 5.41) is 3.93. The van der Waals surface area contributed by atoms with Crippen LogP contribution in [0, 0.1) is 12.8 Å². The predicted molar refractivity (Wildman–Crippen MR) is 139 cm³/mol. The van der Waals surface area contributed by atoms with Gasteiger partial charge in [-0.1, -0.05) is 18.2 Å². The highest BCUT2D eigenvalue weighted by atomic mass is 32.2. The highest BCUT2D eigenvalue weighted by molar-refractivity contribution is 7.89. The smallest absolute Gasteiger partial charge is 0.243 e. The summed E-state index contributed by atoms with van der Waals surface area (Å²) in [6, 6.07) is 14.5. The minimum absolute atomic E-state index is 0.00557. The SMILES string of the molecule is CC(=O)N1c2ccc(S(=O)(=O)N3CCC(C(=O)Nc4cc(C)nc5ccccc45)CC3)cc2C[C@H]1C. The van der Waals surface area contributed by atoms with E-state index >= 15 is 0 Å². The van der Waals surface area contributed by atoms with Crippen LogP contribution in [-0.2, 0) is 26.0 Å². The highest BCUT2D eigenvalue weighted by Crippen LogP contribution is 2.35. The second kappa shape index (κ2) is 9.29. The van der Waals surface area contributed by atoms with E-state index in [4.69, 9.17) is 0 Å². The molecule has 0 radical (unpaired) electrons. The van der Waals surface area contributed by atoms with Gasteiger partial charge in [0.2, 0.25) is 21.8 Å². The number of benzene rings is 2. The number of amides is 2.